The zero-order valence-electron chi connectivity index (χ0n) is 15.6. The molecule has 0 bridgehead atoms. The monoisotopic (exact) mass is 402 g/mol. The maximum absolute atomic E-state index is 13.2. The lowest BCUT2D eigenvalue weighted by Gasteiger charge is -2.31. The molecule has 1 aromatic carbocycles. The number of benzene rings is 1. The highest BCUT2D eigenvalue weighted by Gasteiger charge is 2.24. The van der Waals surface area contributed by atoms with Crippen LogP contribution in [0.25, 0.3) is 10.6 Å². The van der Waals surface area contributed by atoms with Gasteiger partial charge in [0.25, 0.3) is 0 Å². The van der Waals surface area contributed by atoms with E-state index in [-0.39, 0.29) is 17.3 Å². The molecule has 0 spiro atoms. The quantitative estimate of drug-likeness (QED) is 0.553. The van der Waals surface area contributed by atoms with Gasteiger partial charge in [-0.2, -0.15) is 9.49 Å². The molecule has 2 aromatic heterocycles. The van der Waals surface area contributed by atoms with Crippen molar-refractivity contribution < 1.29 is 13.9 Å². The van der Waals surface area contributed by atoms with Crippen LogP contribution in [0.2, 0.25) is 0 Å². The van der Waals surface area contributed by atoms with Crippen LogP contribution in [-0.4, -0.2) is 42.1 Å². The minimum atomic E-state index is -0.213. The van der Waals surface area contributed by atoms with E-state index in [2.05, 4.69) is 27.8 Å². The number of ether oxygens (including phenoxy) is 2. The number of aromatic nitrogens is 2. The molecule has 3 aromatic rings. The van der Waals surface area contributed by atoms with Crippen LogP contribution in [0, 0.1) is 5.13 Å². The normalized spacial score (nSPS) is 18.0. The Kier molecular flexibility index (Phi) is 5.90. The molecular weight excluding hydrogens is 379 g/mol. The van der Waals surface area contributed by atoms with Crippen LogP contribution in [0.5, 0.6) is 5.75 Å². The molecule has 2 unspecified atom stereocenters. The number of nitrogens with zero attached hydrogens (tertiary/aromatic N) is 1. The van der Waals surface area contributed by atoms with E-state index in [9.17, 15) is 4.39 Å². The third kappa shape index (κ3) is 4.52. The molecule has 0 radical (unpaired) electrons. The fourth-order valence-corrected chi connectivity index (χ4v) is 3.88. The van der Waals surface area contributed by atoms with Crippen LogP contribution in [0.4, 0.5) is 15.9 Å². The minimum absolute atomic E-state index is 0.0687. The summed E-state index contributed by atoms with van der Waals surface area (Å²) < 4.78 is 24.9. The van der Waals surface area contributed by atoms with Crippen molar-refractivity contribution in [2.24, 2.45) is 0 Å². The molecule has 3 heterocycles. The summed E-state index contributed by atoms with van der Waals surface area (Å²) in [6.45, 7) is 4.40. The van der Waals surface area contributed by atoms with Crippen molar-refractivity contribution in [1.82, 2.24) is 15.5 Å². The molecule has 3 N–H and O–H groups in total. The summed E-state index contributed by atoms with van der Waals surface area (Å²) >= 11 is 1.09. The molecule has 2 atom stereocenters. The van der Waals surface area contributed by atoms with Crippen LogP contribution in [0.1, 0.15) is 13.3 Å². The van der Waals surface area contributed by atoms with Gasteiger partial charge in [0, 0.05) is 18.3 Å². The van der Waals surface area contributed by atoms with E-state index in [1.807, 2.05) is 30.3 Å². The fourth-order valence-electron chi connectivity index (χ4n) is 3.19. The molecule has 0 saturated carbocycles. The van der Waals surface area contributed by atoms with Gasteiger partial charge >= 0.3 is 0 Å². The summed E-state index contributed by atoms with van der Waals surface area (Å²) in [4.78, 5) is 0.813. The highest BCUT2D eigenvalue weighted by Crippen LogP contribution is 2.28. The molecule has 1 fully saturated rings. The Hall–Kier alpha value is -2.42. The second kappa shape index (κ2) is 8.72. The molecule has 28 heavy (non-hydrogen) atoms. The number of hydrogen-bond acceptors (Lipinski definition) is 6. The Bertz CT molecular complexity index is 890. The largest absolute Gasteiger partial charge is 0.489 e. The Balaban J connectivity index is 1.37. The van der Waals surface area contributed by atoms with E-state index >= 15 is 0 Å². The van der Waals surface area contributed by atoms with Crippen LogP contribution in [0.3, 0.4) is 0 Å². The van der Waals surface area contributed by atoms with Crippen LogP contribution < -0.4 is 15.4 Å². The number of H-pyrrole nitrogens is 1. The molecule has 1 saturated heterocycles. The van der Waals surface area contributed by atoms with E-state index in [0.29, 0.717) is 12.4 Å². The van der Waals surface area contributed by atoms with Crippen LogP contribution in [-0.2, 0) is 4.74 Å². The maximum atomic E-state index is 13.2. The van der Waals surface area contributed by atoms with Gasteiger partial charge in [-0.3, -0.25) is 5.10 Å². The topological polar surface area (TPSA) is 71.2 Å². The van der Waals surface area contributed by atoms with E-state index in [1.165, 1.54) is 6.07 Å². The molecular formula is C20H23FN4O2S. The second-order valence-electron chi connectivity index (χ2n) is 6.62. The Labute approximate surface area is 167 Å². The molecule has 4 rings (SSSR count). The number of anilines is 2. The lowest BCUT2D eigenvalue weighted by atomic mass is 10.1. The van der Waals surface area contributed by atoms with Gasteiger partial charge in [0.2, 0.25) is 0 Å². The van der Waals surface area contributed by atoms with Gasteiger partial charge in [-0.1, -0.05) is 6.92 Å². The average Bonchev–Trinajstić information content (AvgIpc) is 3.37. The van der Waals surface area contributed by atoms with Crippen molar-refractivity contribution in [3.8, 4) is 16.3 Å². The number of nitrogens with one attached hydrogen (secondary N) is 3. The Morgan fingerprint density at radius 2 is 2.18 bits per heavy atom. The Morgan fingerprint density at radius 3 is 2.86 bits per heavy atom. The standard InChI is InChI=1S/C20H23FN4O2S/c1-2-17(16-12-26-10-9-22-16)27-14-5-3-13(4-6-14)23-20-11-15(24-25-20)18-7-8-19(21)28-18/h3-8,11,16-17,22H,2,9-10,12H2,1H3,(H2,23,24,25). The number of hydrogen-bond donors (Lipinski definition) is 3. The third-order valence-electron chi connectivity index (χ3n) is 4.63. The molecule has 0 aliphatic carbocycles. The van der Waals surface area contributed by atoms with E-state index in [4.69, 9.17) is 9.47 Å². The number of halogens is 1. The predicted molar refractivity (Wildman–Crippen MR) is 109 cm³/mol. The summed E-state index contributed by atoms with van der Waals surface area (Å²) in [6, 6.07) is 13.0. The smallest absolute Gasteiger partial charge is 0.177 e. The van der Waals surface area contributed by atoms with Crippen molar-refractivity contribution in [2.45, 2.75) is 25.5 Å². The van der Waals surface area contributed by atoms with Gasteiger partial charge in [0.05, 0.1) is 29.8 Å². The molecule has 1 aliphatic heterocycles. The fraction of sp³-hybridized carbons (Fsp3) is 0.350. The second-order valence-corrected chi connectivity index (χ2v) is 7.65. The maximum Gasteiger partial charge on any atom is 0.177 e. The van der Waals surface area contributed by atoms with Gasteiger partial charge in [-0.15, -0.1) is 11.3 Å². The number of aromatic amines is 1. The SMILES string of the molecule is CCC(Oc1ccc(Nc2cc(-c3ccc(F)s3)[nH]n2)cc1)C1COCCN1. The summed E-state index contributed by atoms with van der Waals surface area (Å²) in [5.41, 5.74) is 1.68. The van der Waals surface area contributed by atoms with Gasteiger partial charge in [0.1, 0.15) is 11.9 Å². The highest BCUT2D eigenvalue weighted by molar-refractivity contribution is 7.13. The van der Waals surface area contributed by atoms with E-state index < -0.39 is 0 Å². The minimum Gasteiger partial charge on any atom is -0.489 e. The Morgan fingerprint density at radius 1 is 1.32 bits per heavy atom. The first-order valence-corrected chi connectivity index (χ1v) is 10.2. The van der Waals surface area contributed by atoms with Gasteiger partial charge in [-0.05, 0) is 42.8 Å². The van der Waals surface area contributed by atoms with E-state index in [1.54, 1.807) is 6.07 Å². The van der Waals surface area contributed by atoms with E-state index in [0.717, 1.165) is 52.9 Å². The van der Waals surface area contributed by atoms with Crippen molar-refractivity contribution in [2.75, 3.05) is 25.1 Å². The van der Waals surface area contributed by atoms with Crippen LogP contribution in [0.15, 0.2) is 42.5 Å². The predicted octanol–water partition coefficient (Wildman–Crippen LogP) is 4.17. The summed E-state index contributed by atoms with van der Waals surface area (Å²) in [5.74, 6) is 1.49. The zero-order chi connectivity index (χ0) is 19.3. The van der Waals surface area contributed by atoms with Crippen molar-refractivity contribution >= 4 is 22.8 Å². The lowest BCUT2D eigenvalue weighted by Crippen LogP contribution is -2.50. The summed E-state index contributed by atoms with van der Waals surface area (Å²) in [7, 11) is 0. The lowest BCUT2D eigenvalue weighted by molar-refractivity contribution is 0.0267. The molecule has 1 aliphatic rings. The molecule has 148 valence electrons. The van der Waals surface area contributed by atoms with Gasteiger partial charge < -0.3 is 20.1 Å². The van der Waals surface area contributed by atoms with Crippen molar-refractivity contribution in [3.63, 3.8) is 0 Å². The first kappa shape index (κ1) is 18.9. The first-order valence-electron chi connectivity index (χ1n) is 9.37. The van der Waals surface area contributed by atoms with Gasteiger partial charge in [-0.25, -0.2) is 0 Å². The first-order chi connectivity index (χ1) is 13.7. The van der Waals surface area contributed by atoms with Crippen molar-refractivity contribution in [3.05, 3.63) is 47.6 Å². The number of thiophene rings is 1. The van der Waals surface area contributed by atoms with Gasteiger partial charge in [0.15, 0.2) is 10.9 Å². The highest BCUT2D eigenvalue weighted by atomic mass is 32.1. The molecule has 6 nitrogen and oxygen atoms in total. The number of morpholine rings is 1. The average molecular weight is 402 g/mol. The number of rotatable bonds is 7. The van der Waals surface area contributed by atoms with Crippen molar-refractivity contribution in [1.29, 1.82) is 0 Å². The van der Waals surface area contributed by atoms with Crippen LogP contribution >= 0.6 is 11.3 Å². The third-order valence-corrected chi connectivity index (χ3v) is 5.54. The summed E-state index contributed by atoms with van der Waals surface area (Å²) in [6.07, 6.45) is 0.972. The molecule has 0 amide bonds. The summed E-state index contributed by atoms with van der Waals surface area (Å²) in [5, 5.41) is 13.6. The zero-order valence-corrected chi connectivity index (χ0v) is 16.4. The molecule has 8 heteroatoms.